The van der Waals surface area contributed by atoms with Crippen molar-refractivity contribution in [1.82, 2.24) is 10.3 Å². The van der Waals surface area contributed by atoms with Crippen molar-refractivity contribution in [2.24, 2.45) is 0 Å². The summed E-state index contributed by atoms with van der Waals surface area (Å²) in [7, 11) is 0. The summed E-state index contributed by atoms with van der Waals surface area (Å²) >= 11 is 0. The normalized spacial score (nSPS) is 20.5. The molecule has 6 nitrogen and oxygen atoms in total. The topological polar surface area (TPSA) is 82.5 Å². The molecule has 1 fully saturated rings. The van der Waals surface area contributed by atoms with Crippen LogP contribution in [0.1, 0.15) is 24.3 Å². The number of amides is 2. The molecule has 26 heavy (non-hydrogen) atoms. The van der Waals surface area contributed by atoms with Crippen LogP contribution in [0.3, 0.4) is 0 Å². The van der Waals surface area contributed by atoms with Gasteiger partial charge in [0, 0.05) is 30.5 Å². The Morgan fingerprint density at radius 2 is 1.92 bits per heavy atom. The van der Waals surface area contributed by atoms with Crippen molar-refractivity contribution >= 4 is 17.7 Å². The van der Waals surface area contributed by atoms with E-state index in [9.17, 15) is 18.4 Å². The van der Waals surface area contributed by atoms with Gasteiger partial charge in [0.25, 0.3) is 0 Å². The van der Waals surface area contributed by atoms with Gasteiger partial charge in [0.15, 0.2) is 11.6 Å². The number of aromatic nitrogens is 1. The van der Waals surface area contributed by atoms with Gasteiger partial charge < -0.3 is 15.3 Å². The van der Waals surface area contributed by atoms with Crippen molar-refractivity contribution in [1.29, 1.82) is 0 Å². The van der Waals surface area contributed by atoms with E-state index in [-0.39, 0.29) is 18.5 Å². The number of carbonyl (C=O) groups is 2. The molecule has 0 radical (unpaired) electrons. The predicted molar refractivity (Wildman–Crippen MR) is 89.9 cm³/mol. The molecule has 0 saturated carbocycles. The second-order valence-electron chi connectivity index (χ2n) is 6.07. The molecule has 1 aromatic carbocycles. The number of carboxylic acid groups (broad SMARTS) is 1. The molecule has 2 amide bonds. The molecule has 136 valence electrons. The Morgan fingerprint density at radius 3 is 2.62 bits per heavy atom. The van der Waals surface area contributed by atoms with Crippen LogP contribution in [0.25, 0.3) is 0 Å². The van der Waals surface area contributed by atoms with Crippen LogP contribution in [0.15, 0.2) is 42.7 Å². The van der Waals surface area contributed by atoms with Crippen LogP contribution in [0, 0.1) is 11.6 Å². The van der Waals surface area contributed by atoms with E-state index in [1.165, 1.54) is 29.4 Å². The lowest BCUT2D eigenvalue weighted by atomic mass is 9.93. The number of carbonyl (C=O) groups excluding carboxylic acids is 1. The summed E-state index contributed by atoms with van der Waals surface area (Å²) in [4.78, 5) is 29.1. The van der Waals surface area contributed by atoms with E-state index in [0.29, 0.717) is 12.1 Å². The molecular weight excluding hydrogens is 344 g/mol. The smallest absolute Gasteiger partial charge is 0.405 e. The van der Waals surface area contributed by atoms with Gasteiger partial charge in [0.2, 0.25) is 5.91 Å². The number of nitrogens with one attached hydrogen (secondary N) is 1. The molecule has 2 N–H and O–H groups in total. The fourth-order valence-corrected chi connectivity index (χ4v) is 3.21. The first-order chi connectivity index (χ1) is 12.5. The molecule has 1 aromatic heterocycles. The molecule has 1 aliphatic heterocycles. The first-order valence-electron chi connectivity index (χ1n) is 8.12. The third-order valence-electron chi connectivity index (χ3n) is 4.46. The molecule has 0 aliphatic carbocycles. The van der Waals surface area contributed by atoms with E-state index in [1.54, 1.807) is 12.1 Å². The first-order valence-corrected chi connectivity index (χ1v) is 8.12. The SMILES string of the molecule is O=C(O)N[C@@H]1CC[C@@H](c2cccc(F)c2F)CN(c2ccncc2)C1=O. The Morgan fingerprint density at radius 1 is 1.19 bits per heavy atom. The Hall–Kier alpha value is -3.03. The molecule has 0 bridgehead atoms. The Balaban J connectivity index is 1.98. The summed E-state index contributed by atoms with van der Waals surface area (Å²) < 4.78 is 27.9. The Kier molecular flexibility index (Phi) is 5.11. The van der Waals surface area contributed by atoms with Gasteiger partial charge in [-0.3, -0.25) is 9.78 Å². The molecule has 2 aromatic rings. The van der Waals surface area contributed by atoms with Crippen molar-refractivity contribution in [3.05, 3.63) is 59.9 Å². The summed E-state index contributed by atoms with van der Waals surface area (Å²) in [6, 6.07) is 6.21. The Bertz CT molecular complexity index is 817. The van der Waals surface area contributed by atoms with E-state index >= 15 is 0 Å². The third-order valence-corrected chi connectivity index (χ3v) is 4.46. The zero-order valence-corrected chi connectivity index (χ0v) is 13.7. The van der Waals surface area contributed by atoms with Crippen molar-refractivity contribution in [3.63, 3.8) is 0 Å². The lowest BCUT2D eigenvalue weighted by molar-refractivity contribution is -0.120. The molecule has 3 rings (SSSR count). The minimum Gasteiger partial charge on any atom is -0.465 e. The van der Waals surface area contributed by atoms with Crippen LogP contribution >= 0.6 is 0 Å². The summed E-state index contributed by atoms with van der Waals surface area (Å²) in [6.45, 7) is 0.112. The molecule has 1 aliphatic rings. The Labute approximate surface area is 148 Å². The van der Waals surface area contributed by atoms with Crippen LogP contribution in [0.5, 0.6) is 0 Å². The number of hydrogen-bond donors (Lipinski definition) is 2. The maximum atomic E-state index is 14.3. The van der Waals surface area contributed by atoms with Crippen LogP contribution in [-0.4, -0.2) is 34.7 Å². The van der Waals surface area contributed by atoms with E-state index < -0.39 is 35.6 Å². The van der Waals surface area contributed by atoms with Gasteiger partial charge in [-0.15, -0.1) is 0 Å². The fourth-order valence-electron chi connectivity index (χ4n) is 3.21. The lowest BCUT2D eigenvalue weighted by Gasteiger charge is -2.26. The number of hydrogen-bond acceptors (Lipinski definition) is 3. The van der Waals surface area contributed by atoms with Crippen molar-refractivity contribution in [2.75, 3.05) is 11.4 Å². The summed E-state index contributed by atoms with van der Waals surface area (Å²) in [5, 5.41) is 11.2. The average molecular weight is 361 g/mol. The highest BCUT2D eigenvalue weighted by Gasteiger charge is 2.34. The standard InChI is InChI=1S/C18H17F2N3O3/c19-14-3-1-2-13(16(14)20)11-4-5-15(22-18(25)26)17(24)23(10-11)12-6-8-21-9-7-12/h1-3,6-9,11,15,22H,4-5,10H2,(H,25,26)/t11-,15-/m1/s1. The van der Waals surface area contributed by atoms with Gasteiger partial charge in [-0.25, -0.2) is 13.6 Å². The highest BCUT2D eigenvalue weighted by molar-refractivity contribution is 5.98. The van der Waals surface area contributed by atoms with Crippen molar-refractivity contribution < 1.29 is 23.5 Å². The van der Waals surface area contributed by atoms with Gasteiger partial charge >= 0.3 is 6.09 Å². The van der Waals surface area contributed by atoms with Crippen LogP contribution in [0.2, 0.25) is 0 Å². The van der Waals surface area contributed by atoms with E-state index in [1.807, 2.05) is 0 Å². The lowest BCUT2D eigenvalue weighted by Crippen LogP contribution is -2.47. The second-order valence-corrected chi connectivity index (χ2v) is 6.07. The minimum atomic E-state index is -1.31. The minimum absolute atomic E-state index is 0.112. The number of anilines is 1. The summed E-state index contributed by atoms with van der Waals surface area (Å²) in [5.41, 5.74) is 0.693. The average Bonchev–Trinajstić information content (AvgIpc) is 2.78. The van der Waals surface area contributed by atoms with E-state index in [4.69, 9.17) is 5.11 Å². The number of halogens is 2. The maximum Gasteiger partial charge on any atom is 0.405 e. The quantitative estimate of drug-likeness (QED) is 0.881. The maximum absolute atomic E-state index is 14.3. The molecule has 8 heteroatoms. The predicted octanol–water partition coefficient (Wildman–Crippen LogP) is 2.91. The zero-order valence-electron chi connectivity index (χ0n) is 13.7. The van der Waals surface area contributed by atoms with Crippen molar-refractivity contribution in [3.8, 4) is 0 Å². The molecule has 2 atom stereocenters. The number of pyridine rings is 1. The molecule has 2 heterocycles. The van der Waals surface area contributed by atoms with Crippen LogP contribution in [0.4, 0.5) is 19.3 Å². The van der Waals surface area contributed by atoms with Crippen LogP contribution in [-0.2, 0) is 4.79 Å². The summed E-state index contributed by atoms with van der Waals surface area (Å²) in [6.07, 6.45) is 2.22. The second kappa shape index (κ2) is 7.47. The van der Waals surface area contributed by atoms with Gasteiger partial charge in [-0.2, -0.15) is 0 Å². The van der Waals surface area contributed by atoms with Crippen molar-refractivity contribution in [2.45, 2.75) is 24.8 Å². The van der Waals surface area contributed by atoms with Gasteiger partial charge in [-0.1, -0.05) is 12.1 Å². The number of nitrogens with zero attached hydrogens (tertiary/aromatic N) is 2. The van der Waals surface area contributed by atoms with Gasteiger partial charge in [-0.05, 0) is 36.6 Å². The molecule has 0 spiro atoms. The molecule has 0 unspecified atom stereocenters. The fraction of sp³-hybridized carbons (Fsp3) is 0.278. The highest BCUT2D eigenvalue weighted by atomic mass is 19.2. The van der Waals surface area contributed by atoms with Crippen LogP contribution < -0.4 is 10.2 Å². The number of benzene rings is 1. The van der Waals surface area contributed by atoms with Gasteiger partial charge in [0.05, 0.1) is 0 Å². The monoisotopic (exact) mass is 361 g/mol. The van der Waals surface area contributed by atoms with E-state index in [2.05, 4.69) is 10.3 Å². The first kappa shape index (κ1) is 17.8. The largest absolute Gasteiger partial charge is 0.465 e. The van der Waals surface area contributed by atoms with Gasteiger partial charge in [0.1, 0.15) is 6.04 Å². The zero-order chi connectivity index (χ0) is 18.7. The molecule has 1 saturated heterocycles. The third kappa shape index (κ3) is 3.63. The number of rotatable bonds is 3. The van der Waals surface area contributed by atoms with E-state index in [0.717, 1.165) is 6.07 Å². The summed E-state index contributed by atoms with van der Waals surface area (Å²) in [5.74, 6) is -2.79. The molecular formula is C18H17F2N3O3. The highest BCUT2D eigenvalue weighted by Crippen LogP contribution is 2.32.